The largest absolute Gasteiger partial charge is 0.237 e. The van der Waals surface area contributed by atoms with E-state index < -0.39 is 0 Å². The van der Waals surface area contributed by atoms with Crippen LogP contribution in [0.3, 0.4) is 0 Å². The molecule has 0 aliphatic rings. The van der Waals surface area contributed by atoms with Crippen molar-refractivity contribution in [2.24, 2.45) is 0 Å². The Labute approximate surface area is 126 Å². The van der Waals surface area contributed by atoms with Crippen molar-refractivity contribution in [2.45, 2.75) is 33.1 Å². The van der Waals surface area contributed by atoms with Crippen LogP contribution in [0.15, 0.2) is 24.3 Å². The zero-order chi connectivity index (χ0) is 15.2. The lowest BCUT2D eigenvalue weighted by Gasteiger charge is -2.21. The summed E-state index contributed by atoms with van der Waals surface area (Å²) in [5.41, 5.74) is 2.75. The number of hydrogen-bond acceptors (Lipinski definition) is 4. The maximum absolute atomic E-state index is 4.60. The maximum Gasteiger partial charge on any atom is 0.166 e. The van der Waals surface area contributed by atoms with Gasteiger partial charge in [0.05, 0.1) is 11.2 Å². The van der Waals surface area contributed by atoms with Gasteiger partial charge in [-0.15, -0.1) is 5.10 Å². The third-order valence-electron chi connectivity index (χ3n) is 3.30. The minimum absolute atomic E-state index is 0.0596. The molecule has 3 rings (SSSR count). The van der Waals surface area contributed by atoms with Gasteiger partial charge in [-0.1, -0.05) is 47.4 Å². The summed E-state index contributed by atoms with van der Waals surface area (Å²) in [6.45, 7) is 8.34. The molecule has 108 valence electrons. The van der Waals surface area contributed by atoms with Gasteiger partial charge >= 0.3 is 0 Å². The van der Waals surface area contributed by atoms with Crippen molar-refractivity contribution in [1.82, 2.24) is 25.0 Å². The Kier molecular flexibility index (Phi) is 3.25. The van der Waals surface area contributed by atoms with Crippen molar-refractivity contribution >= 4 is 25.6 Å². The second-order valence-electron chi connectivity index (χ2n) is 6.10. The highest BCUT2D eigenvalue weighted by Crippen LogP contribution is 2.23. The van der Waals surface area contributed by atoms with E-state index in [4.69, 9.17) is 0 Å². The first-order chi connectivity index (χ1) is 9.88. The molecular formula is C15H18N5P. The maximum atomic E-state index is 4.60. The molecule has 0 saturated heterocycles. The predicted octanol–water partition coefficient (Wildman–Crippen LogP) is 2.32. The molecule has 0 radical (unpaired) electrons. The summed E-state index contributed by atoms with van der Waals surface area (Å²) in [5.74, 6) is 1.51. The monoisotopic (exact) mass is 299 g/mol. The standard InChI is InChI=1S/C15H18N5P/c1-9-16-13(15(2,3)4)12(21)14(17-9)20-11-8-6-5-7-10(11)18-19-20/h5-8H,21H2,1-4H3. The van der Waals surface area contributed by atoms with E-state index in [2.05, 4.69) is 50.3 Å². The van der Waals surface area contributed by atoms with E-state index >= 15 is 0 Å². The third-order valence-corrected chi connectivity index (χ3v) is 3.83. The summed E-state index contributed by atoms with van der Waals surface area (Å²) in [5, 5.41) is 9.42. The molecule has 3 aromatic rings. The molecule has 0 amide bonds. The van der Waals surface area contributed by atoms with Crippen molar-refractivity contribution in [3.8, 4) is 5.82 Å². The molecule has 2 heterocycles. The average molecular weight is 299 g/mol. The van der Waals surface area contributed by atoms with Crippen molar-refractivity contribution in [3.63, 3.8) is 0 Å². The number of para-hydroxylation sites is 1. The van der Waals surface area contributed by atoms with Gasteiger partial charge in [0.15, 0.2) is 5.82 Å². The molecule has 5 nitrogen and oxygen atoms in total. The Morgan fingerprint density at radius 3 is 2.52 bits per heavy atom. The lowest BCUT2D eigenvalue weighted by molar-refractivity contribution is 0.567. The molecule has 1 unspecified atom stereocenters. The zero-order valence-corrected chi connectivity index (χ0v) is 13.8. The minimum Gasteiger partial charge on any atom is -0.237 e. The summed E-state index contributed by atoms with van der Waals surface area (Å²) in [6.07, 6.45) is 0. The van der Waals surface area contributed by atoms with Crippen molar-refractivity contribution in [2.75, 3.05) is 0 Å². The molecule has 2 aromatic heterocycles. The number of aryl methyl sites for hydroxylation is 1. The van der Waals surface area contributed by atoms with Gasteiger partial charge in [0, 0.05) is 10.7 Å². The molecule has 0 spiro atoms. The molecule has 6 heteroatoms. The van der Waals surface area contributed by atoms with Crippen LogP contribution in [0.25, 0.3) is 16.9 Å². The molecule has 0 bridgehead atoms. The Morgan fingerprint density at radius 2 is 1.81 bits per heavy atom. The van der Waals surface area contributed by atoms with E-state index in [-0.39, 0.29) is 5.41 Å². The number of benzene rings is 1. The van der Waals surface area contributed by atoms with Gasteiger partial charge in [-0.25, -0.2) is 9.97 Å². The number of fused-ring (bicyclic) bond motifs is 1. The molecule has 1 aromatic carbocycles. The summed E-state index contributed by atoms with van der Waals surface area (Å²) in [6, 6.07) is 7.87. The second kappa shape index (κ2) is 4.85. The van der Waals surface area contributed by atoms with E-state index in [0.29, 0.717) is 0 Å². The van der Waals surface area contributed by atoms with E-state index in [9.17, 15) is 0 Å². The first-order valence-corrected chi connectivity index (χ1v) is 7.41. The zero-order valence-electron chi connectivity index (χ0n) is 12.6. The van der Waals surface area contributed by atoms with Gasteiger partial charge < -0.3 is 0 Å². The smallest absolute Gasteiger partial charge is 0.166 e. The quantitative estimate of drug-likeness (QED) is 0.647. The van der Waals surface area contributed by atoms with Gasteiger partial charge in [-0.05, 0) is 19.1 Å². The molecular weight excluding hydrogens is 281 g/mol. The van der Waals surface area contributed by atoms with Crippen LogP contribution < -0.4 is 5.30 Å². The van der Waals surface area contributed by atoms with Crippen LogP contribution in [-0.2, 0) is 5.41 Å². The van der Waals surface area contributed by atoms with Crippen LogP contribution in [0.4, 0.5) is 0 Å². The summed E-state index contributed by atoms with van der Waals surface area (Å²) in [7, 11) is 2.76. The number of nitrogens with zero attached hydrogens (tertiary/aromatic N) is 5. The van der Waals surface area contributed by atoms with Gasteiger partial charge in [-0.3, -0.25) is 0 Å². The molecule has 21 heavy (non-hydrogen) atoms. The highest BCUT2D eigenvalue weighted by molar-refractivity contribution is 7.28. The highest BCUT2D eigenvalue weighted by atomic mass is 31.0. The molecule has 0 fully saturated rings. The number of hydrogen-bond donors (Lipinski definition) is 0. The van der Waals surface area contributed by atoms with Gasteiger partial charge in [-0.2, -0.15) is 4.68 Å². The minimum atomic E-state index is -0.0596. The van der Waals surface area contributed by atoms with E-state index in [1.807, 2.05) is 31.2 Å². The lowest BCUT2D eigenvalue weighted by Crippen LogP contribution is -2.26. The fourth-order valence-electron chi connectivity index (χ4n) is 2.32. The highest BCUT2D eigenvalue weighted by Gasteiger charge is 2.23. The van der Waals surface area contributed by atoms with Crippen LogP contribution in [-0.4, -0.2) is 25.0 Å². The summed E-state index contributed by atoms with van der Waals surface area (Å²) < 4.78 is 1.78. The number of aromatic nitrogens is 5. The molecule has 0 aliphatic carbocycles. The molecule has 1 atom stereocenters. The first-order valence-electron chi connectivity index (χ1n) is 6.83. The summed E-state index contributed by atoms with van der Waals surface area (Å²) in [4.78, 5) is 9.17. The first kappa shape index (κ1) is 14.1. The Balaban J connectivity index is 2.30. The van der Waals surface area contributed by atoms with Crippen LogP contribution in [0, 0.1) is 6.92 Å². The fraction of sp³-hybridized carbons (Fsp3) is 0.333. The molecule has 0 saturated carbocycles. The lowest BCUT2D eigenvalue weighted by atomic mass is 9.91. The van der Waals surface area contributed by atoms with Crippen molar-refractivity contribution < 1.29 is 0 Å². The SMILES string of the molecule is Cc1nc(-n2nnc3ccccc32)c(P)c(C(C)(C)C)n1. The molecule has 0 aliphatic heterocycles. The van der Waals surface area contributed by atoms with Gasteiger partial charge in [0.25, 0.3) is 0 Å². The normalized spacial score (nSPS) is 12.0. The van der Waals surface area contributed by atoms with Crippen LogP contribution in [0.5, 0.6) is 0 Å². The fourth-order valence-corrected chi connectivity index (χ4v) is 3.01. The van der Waals surface area contributed by atoms with E-state index in [1.54, 1.807) is 4.68 Å². The van der Waals surface area contributed by atoms with Crippen molar-refractivity contribution in [3.05, 3.63) is 35.8 Å². The topological polar surface area (TPSA) is 56.5 Å². The Bertz CT molecular complexity index is 817. The van der Waals surface area contributed by atoms with Crippen molar-refractivity contribution in [1.29, 1.82) is 0 Å². The Morgan fingerprint density at radius 1 is 1.10 bits per heavy atom. The second-order valence-corrected chi connectivity index (χ2v) is 6.67. The van der Waals surface area contributed by atoms with E-state index in [1.165, 1.54) is 0 Å². The van der Waals surface area contributed by atoms with Crippen LogP contribution in [0.1, 0.15) is 32.3 Å². The Hall–Kier alpha value is -1.87. The van der Waals surface area contributed by atoms with Crippen LogP contribution >= 0.6 is 9.24 Å². The summed E-state index contributed by atoms with van der Waals surface area (Å²) >= 11 is 0. The number of rotatable bonds is 1. The van der Waals surface area contributed by atoms with Crippen LogP contribution in [0.2, 0.25) is 0 Å². The van der Waals surface area contributed by atoms with Gasteiger partial charge in [0.2, 0.25) is 0 Å². The third kappa shape index (κ3) is 2.42. The predicted molar refractivity (Wildman–Crippen MR) is 87.2 cm³/mol. The molecule has 0 N–H and O–H groups in total. The van der Waals surface area contributed by atoms with Gasteiger partial charge in [0.1, 0.15) is 11.3 Å². The average Bonchev–Trinajstić information content (AvgIpc) is 2.83. The van der Waals surface area contributed by atoms with E-state index in [0.717, 1.165) is 33.7 Å².